The highest BCUT2D eigenvalue weighted by Crippen LogP contribution is 2.39. The number of carbonyl (C=O) groups is 2. The van der Waals surface area contributed by atoms with E-state index in [4.69, 9.17) is 4.74 Å². The van der Waals surface area contributed by atoms with Gasteiger partial charge in [0, 0.05) is 32.5 Å². The summed E-state index contributed by atoms with van der Waals surface area (Å²) < 4.78 is 6.33. The van der Waals surface area contributed by atoms with Crippen molar-refractivity contribution in [2.24, 2.45) is 5.92 Å². The molecule has 140 valence electrons. The summed E-state index contributed by atoms with van der Waals surface area (Å²) in [5.41, 5.74) is 1.15. The van der Waals surface area contributed by atoms with Crippen molar-refractivity contribution in [3.05, 3.63) is 35.9 Å². The lowest BCUT2D eigenvalue weighted by Gasteiger charge is -2.38. The van der Waals surface area contributed by atoms with Crippen LogP contribution in [0.2, 0.25) is 0 Å². The molecule has 2 atom stereocenters. The predicted octanol–water partition coefficient (Wildman–Crippen LogP) is 2.77. The SMILES string of the molecule is O=C1CCCN1CCCC(=O)N1C[C@@H](c2ccccc2)O[C@@H](C2CC2)C1. The van der Waals surface area contributed by atoms with E-state index < -0.39 is 0 Å². The minimum Gasteiger partial charge on any atom is -0.366 e. The molecule has 3 aliphatic rings. The Kier molecular flexibility index (Phi) is 5.25. The third-order valence-corrected chi connectivity index (χ3v) is 5.79. The van der Waals surface area contributed by atoms with Crippen LogP contribution in [0.15, 0.2) is 30.3 Å². The maximum Gasteiger partial charge on any atom is 0.222 e. The van der Waals surface area contributed by atoms with Crippen LogP contribution in [0.5, 0.6) is 0 Å². The molecule has 2 heterocycles. The lowest BCUT2D eigenvalue weighted by atomic mass is 10.0. The molecule has 1 aromatic carbocycles. The zero-order chi connectivity index (χ0) is 17.9. The number of ether oxygens (including phenoxy) is 1. The molecule has 5 nitrogen and oxygen atoms in total. The molecule has 26 heavy (non-hydrogen) atoms. The number of carbonyl (C=O) groups excluding carboxylic acids is 2. The zero-order valence-electron chi connectivity index (χ0n) is 15.3. The van der Waals surface area contributed by atoms with Gasteiger partial charge in [-0.05, 0) is 37.2 Å². The minimum atomic E-state index is -0.0281. The molecule has 1 saturated carbocycles. The highest BCUT2D eigenvalue weighted by atomic mass is 16.5. The number of rotatable bonds is 6. The van der Waals surface area contributed by atoms with Gasteiger partial charge in [0.05, 0.1) is 12.6 Å². The normalized spacial score (nSPS) is 26.4. The van der Waals surface area contributed by atoms with E-state index in [9.17, 15) is 9.59 Å². The Balaban J connectivity index is 1.34. The topological polar surface area (TPSA) is 49.9 Å². The van der Waals surface area contributed by atoms with Crippen molar-refractivity contribution in [3.8, 4) is 0 Å². The van der Waals surface area contributed by atoms with Crippen molar-refractivity contribution < 1.29 is 14.3 Å². The Morgan fingerprint density at radius 2 is 1.96 bits per heavy atom. The Hall–Kier alpha value is -1.88. The van der Waals surface area contributed by atoms with E-state index >= 15 is 0 Å². The van der Waals surface area contributed by atoms with Gasteiger partial charge in [0.25, 0.3) is 0 Å². The van der Waals surface area contributed by atoms with Crippen LogP contribution < -0.4 is 0 Å². The largest absolute Gasteiger partial charge is 0.366 e. The summed E-state index contributed by atoms with van der Waals surface area (Å²) in [6.07, 6.45) is 5.46. The van der Waals surface area contributed by atoms with Crippen LogP contribution in [0.3, 0.4) is 0 Å². The molecule has 1 aromatic rings. The molecule has 0 unspecified atom stereocenters. The van der Waals surface area contributed by atoms with E-state index in [-0.39, 0.29) is 24.0 Å². The van der Waals surface area contributed by atoms with Gasteiger partial charge in [-0.25, -0.2) is 0 Å². The Morgan fingerprint density at radius 3 is 2.65 bits per heavy atom. The first kappa shape index (κ1) is 17.5. The van der Waals surface area contributed by atoms with Crippen molar-refractivity contribution in [3.63, 3.8) is 0 Å². The summed E-state index contributed by atoms with van der Waals surface area (Å²) in [6.45, 7) is 2.91. The molecule has 2 amide bonds. The van der Waals surface area contributed by atoms with Gasteiger partial charge in [-0.3, -0.25) is 9.59 Å². The molecule has 0 radical (unpaired) electrons. The fourth-order valence-corrected chi connectivity index (χ4v) is 4.09. The number of likely N-dealkylation sites (tertiary alicyclic amines) is 1. The van der Waals surface area contributed by atoms with E-state index in [1.54, 1.807) is 0 Å². The Labute approximate surface area is 155 Å². The minimum absolute atomic E-state index is 0.0281. The summed E-state index contributed by atoms with van der Waals surface area (Å²) in [6, 6.07) is 10.2. The van der Waals surface area contributed by atoms with E-state index in [0.29, 0.717) is 31.8 Å². The molecule has 2 saturated heterocycles. The first-order valence-corrected chi connectivity index (χ1v) is 9.96. The van der Waals surface area contributed by atoms with E-state index in [1.807, 2.05) is 28.0 Å². The molecule has 0 aromatic heterocycles. The second-order valence-corrected chi connectivity index (χ2v) is 7.80. The van der Waals surface area contributed by atoms with Gasteiger partial charge in [0.2, 0.25) is 11.8 Å². The highest BCUT2D eigenvalue weighted by molar-refractivity contribution is 5.78. The first-order valence-electron chi connectivity index (χ1n) is 9.96. The number of nitrogens with zero attached hydrogens (tertiary/aromatic N) is 2. The first-order chi connectivity index (χ1) is 12.7. The zero-order valence-corrected chi connectivity index (χ0v) is 15.3. The third kappa shape index (κ3) is 4.09. The molecular formula is C21H28N2O3. The predicted molar refractivity (Wildman–Crippen MR) is 98.4 cm³/mol. The van der Waals surface area contributed by atoms with Crippen LogP contribution in [0.4, 0.5) is 0 Å². The number of hydrogen-bond acceptors (Lipinski definition) is 3. The molecular weight excluding hydrogens is 328 g/mol. The van der Waals surface area contributed by atoms with Crippen LogP contribution >= 0.6 is 0 Å². The average molecular weight is 356 g/mol. The molecule has 0 bridgehead atoms. The lowest BCUT2D eigenvalue weighted by Crippen LogP contribution is -2.47. The summed E-state index contributed by atoms with van der Waals surface area (Å²) in [7, 11) is 0. The van der Waals surface area contributed by atoms with Crippen molar-refractivity contribution in [1.29, 1.82) is 0 Å². The highest BCUT2D eigenvalue weighted by Gasteiger charge is 2.39. The maximum atomic E-state index is 12.8. The van der Waals surface area contributed by atoms with Crippen LogP contribution in [0.1, 0.15) is 50.2 Å². The quantitative estimate of drug-likeness (QED) is 0.787. The fourth-order valence-electron chi connectivity index (χ4n) is 4.09. The summed E-state index contributed by atoms with van der Waals surface area (Å²) in [5.74, 6) is 1.05. The van der Waals surface area contributed by atoms with Crippen molar-refractivity contribution in [2.75, 3.05) is 26.2 Å². The molecule has 5 heteroatoms. The average Bonchev–Trinajstić information content (AvgIpc) is 3.45. The molecule has 0 spiro atoms. The summed E-state index contributed by atoms with van der Waals surface area (Å²) >= 11 is 0. The van der Waals surface area contributed by atoms with E-state index in [2.05, 4.69) is 12.1 Å². The van der Waals surface area contributed by atoms with Crippen molar-refractivity contribution >= 4 is 11.8 Å². The Bertz CT molecular complexity index is 644. The molecule has 4 rings (SSSR count). The summed E-state index contributed by atoms with van der Waals surface area (Å²) in [5, 5.41) is 0. The van der Waals surface area contributed by atoms with Crippen LogP contribution in [0, 0.1) is 5.92 Å². The van der Waals surface area contributed by atoms with Crippen LogP contribution in [-0.2, 0) is 14.3 Å². The molecule has 0 N–H and O–H groups in total. The lowest BCUT2D eigenvalue weighted by molar-refractivity contribution is -0.148. The van der Waals surface area contributed by atoms with Gasteiger partial charge in [-0.2, -0.15) is 0 Å². The number of amides is 2. The maximum absolute atomic E-state index is 12.8. The standard InChI is InChI=1S/C21H28N2O3/c24-20-8-4-12-22(20)13-5-9-21(25)23-14-18(16-6-2-1-3-7-16)26-19(15-23)17-10-11-17/h1-3,6-7,17-19H,4-5,8-15H2/t18-,19+/m0/s1. The van der Waals surface area contributed by atoms with Gasteiger partial charge < -0.3 is 14.5 Å². The third-order valence-electron chi connectivity index (χ3n) is 5.79. The Morgan fingerprint density at radius 1 is 1.15 bits per heavy atom. The molecule has 1 aliphatic carbocycles. The van der Waals surface area contributed by atoms with Gasteiger partial charge >= 0.3 is 0 Å². The van der Waals surface area contributed by atoms with Crippen molar-refractivity contribution in [2.45, 2.75) is 50.7 Å². The number of benzene rings is 1. The smallest absolute Gasteiger partial charge is 0.222 e. The van der Waals surface area contributed by atoms with E-state index in [1.165, 1.54) is 12.8 Å². The number of hydrogen-bond donors (Lipinski definition) is 0. The van der Waals surface area contributed by atoms with Gasteiger partial charge in [-0.1, -0.05) is 30.3 Å². The second-order valence-electron chi connectivity index (χ2n) is 7.80. The van der Waals surface area contributed by atoms with Gasteiger partial charge in [0.1, 0.15) is 6.10 Å². The van der Waals surface area contributed by atoms with Gasteiger partial charge in [0.15, 0.2) is 0 Å². The van der Waals surface area contributed by atoms with Crippen LogP contribution in [-0.4, -0.2) is 53.9 Å². The molecule has 2 aliphatic heterocycles. The van der Waals surface area contributed by atoms with E-state index in [0.717, 1.165) is 31.5 Å². The van der Waals surface area contributed by atoms with Crippen molar-refractivity contribution in [1.82, 2.24) is 9.80 Å². The second kappa shape index (κ2) is 7.78. The monoisotopic (exact) mass is 356 g/mol. The van der Waals surface area contributed by atoms with Gasteiger partial charge in [-0.15, -0.1) is 0 Å². The summed E-state index contributed by atoms with van der Waals surface area (Å²) in [4.78, 5) is 28.4. The number of morpholine rings is 1. The molecule has 3 fully saturated rings. The van der Waals surface area contributed by atoms with Crippen LogP contribution in [0.25, 0.3) is 0 Å². The fraction of sp³-hybridized carbons (Fsp3) is 0.619.